The summed E-state index contributed by atoms with van der Waals surface area (Å²) in [6.07, 6.45) is 9.05. The number of rotatable bonds is 9. The molecule has 2 aliphatic rings. The van der Waals surface area contributed by atoms with Gasteiger partial charge in [-0.05, 0) is 79.5 Å². The summed E-state index contributed by atoms with van der Waals surface area (Å²) >= 11 is 0. The molecule has 8 heteroatoms. The molecule has 1 aromatic carbocycles. The quantitative estimate of drug-likeness (QED) is 0.484. The number of fused-ring (bicyclic) bond motifs is 1. The Balaban J connectivity index is 1.51. The average molecular weight is 479 g/mol. The van der Waals surface area contributed by atoms with Crippen molar-refractivity contribution < 1.29 is 4.74 Å². The zero-order valence-corrected chi connectivity index (χ0v) is 21.3. The molecule has 2 aromatic heterocycles. The van der Waals surface area contributed by atoms with E-state index in [9.17, 15) is 4.79 Å². The molecule has 1 aliphatic carbocycles. The molecule has 0 radical (unpaired) electrons. The number of nitrogens with zero attached hydrogens (tertiary/aromatic N) is 5. The maximum Gasteiger partial charge on any atom is 0.252 e. The third kappa shape index (κ3) is 5.19. The van der Waals surface area contributed by atoms with Crippen molar-refractivity contribution in [3.63, 3.8) is 0 Å². The van der Waals surface area contributed by atoms with E-state index < -0.39 is 0 Å². The minimum absolute atomic E-state index is 0.00152. The van der Waals surface area contributed by atoms with Crippen LogP contribution in [0.1, 0.15) is 86.8 Å². The highest BCUT2D eigenvalue weighted by Gasteiger charge is 2.33. The van der Waals surface area contributed by atoms with Gasteiger partial charge in [0.2, 0.25) is 0 Å². The Hall–Kier alpha value is -2.58. The SMILES string of the molecule is CCC[C@@H](c1nnnn1C[C@H]1CCCO1)N(Cc1cc2cc(C)cc(C)c2[nH]c1=O)C1CCCC1. The third-order valence-corrected chi connectivity index (χ3v) is 7.74. The molecule has 0 amide bonds. The van der Waals surface area contributed by atoms with Gasteiger partial charge in [-0.2, -0.15) is 0 Å². The number of pyridine rings is 1. The number of hydrogen-bond donors (Lipinski definition) is 1. The van der Waals surface area contributed by atoms with E-state index in [-0.39, 0.29) is 17.7 Å². The van der Waals surface area contributed by atoms with Crippen LogP contribution in [-0.2, 0) is 17.8 Å². The van der Waals surface area contributed by atoms with Gasteiger partial charge < -0.3 is 9.72 Å². The maximum atomic E-state index is 13.2. The van der Waals surface area contributed by atoms with E-state index in [2.05, 4.69) is 64.4 Å². The van der Waals surface area contributed by atoms with Crippen molar-refractivity contribution in [3.8, 4) is 0 Å². The molecule has 8 nitrogen and oxygen atoms in total. The molecule has 2 atom stereocenters. The van der Waals surface area contributed by atoms with Crippen molar-refractivity contribution in [1.29, 1.82) is 0 Å². The van der Waals surface area contributed by atoms with Crippen molar-refractivity contribution in [2.75, 3.05) is 6.61 Å². The summed E-state index contributed by atoms with van der Waals surface area (Å²) in [7, 11) is 0. The van der Waals surface area contributed by atoms with Crippen LogP contribution in [0.15, 0.2) is 23.0 Å². The van der Waals surface area contributed by atoms with Gasteiger partial charge in [-0.1, -0.05) is 37.8 Å². The number of hydrogen-bond acceptors (Lipinski definition) is 6. The Morgan fingerprint density at radius 3 is 2.74 bits per heavy atom. The molecule has 5 rings (SSSR count). The molecule has 3 aromatic rings. The first-order valence-electron chi connectivity index (χ1n) is 13.3. The zero-order chi connectivity index (χ0) is 24.4. The minimum atomic E-state index is 0.00152. The molecule has 188 valence electrons. The van der Waals surface area contributed by atoms with E-state index in [1.807, 2.05) is 4.68 Å². The number of benzene rings is 1. The van der Waals surface area contributed by atoms with Gasteiger partial charge in [-0.25, -0.2) is 4.68 Å². The first kappa shape index (κ1) is 24.1. The standard InChI is InChI=1S/C27H38N6O2/c1-4-8-24(26-29-30-31-33(26)17-23-11-7-12-35-23)32(22-9-5-6-10-22)16-21-15-20-14-18(2)13-19(3)25(20)28-27(21)34/h13-15,22-24H,4-12,16-17H2,1-3H3,(H,28,34)/t23-,24+/m1/s1. The van der Waals surface area contributed by atoms with Crippen LogP contribution in [0.3, 0.4) is 0 Å². The molecule has 1 saturated carbocycles. The molecule has 0 bridgehead atoms. The molecular formula is C27H38N6O2. The Kier molecular flexibility index (Phi) is 7.29. The predicted molar refractivity (Wildman–Crippen MR) is 136 cm³/mol. The van der Waals surface area contributed by atoms with Crippen molar-refractivity contribution >= 4 is 10.9 Å². The van der Waals surface area contributed by atoms with Crippen LogP contribution in [0.2, 0.25) is 0 Å². The summed E-state index contributed by atoms with van der Waals surface area (Å²) in [6.45, 7) is 8.48. The summed E-state index contributed by atoms with van der Waals surface area (Å²) in [5.74, 6) is 0.901. The summed E-state index contributed by atoms with van der Waals surface area (Å²) < 4.78 is 7.83. The van der Waals surface area contributed by atoms with E-state index in [1.165, 1.54) is 18.4 Å². The van der Waals surface area contributed by atoms with Gasteiger partial charge >= 0.3 is 0 Å². The molecule has 2 fully saturated rings. The van der Waals surface area contributed by atoms with Crippen molar-refractivity contribution in [2.45, 2.75) is 103 Å². The van der Waals surface area contributed by atoms with E-state index in [4.69, 9.17) is 4.74 Å². The fraction of sp³-hybridized carbons (Fsp3) is 0.630. The minimum Gasteiger partial charge on any atom is -0.376 e. The van der Waals surface area contributed by atoms with E-state index in [1.54, 1.807) is 0 Å². The van der Waals surface area contributed by atoms with Crippen molar-refractivity contribution in [3.05, 3.63) is 51.1 Å². The van der Waals surface area contributed by atoms with Crippen molar-refractivity contribution in [2.24, 2.45) is 0 Å². The lowest BCUT2D eigenvalue weighted by Crippen LogP contribution is -2.39. The van der Waals surface area contributed by atoms with E-state index >= 15 is 0 Å². The highest BCUT2D eigenvalue weighted by atomic mass is 16.5. The monoisotopic (exact) mass is 478 g/mol. The first-order valence-corrected chi connectivity index (χ1v) is 13.3. The Morgan fingerprint density at radius 1 is 1.17 bits per heavy atom. The molecule has 3 heterocycles. The number of H-pyrrole nitrogens is 1. The first-order chi connectivity index (χ1) is 17.0. The van der Waals surface area contributed by atoms with Gasteiger partial charge in [-0.3, -0.25) is 9.69 Å². The van der Waals surface area contributed by atoms with Crippen LogP contribution in [0.25, 0.3) is 10.9 Å². The summed E-state index contributed by atoms with van der Waals surface area (Å²) in [6, 6.07) is 6.86. The molecule has 1 aliphatic heterocycles. The molecule has 35 heavy (non-hydrogen) atoms. The molecule has 0 spiro atoms. The number of aryl methyl sites for hydroxylation is 2. The molecule has 1 N–H and O–H groups in total. The van der Waals surface area contributed by atoms with Gasteiger partial charge in [0, 0.05) is 24.8 Å². The Morgan fingerprint density at radius 2 is 2.00 bits per heavy atom. The van der Waals surface area contributed by atoms with Crippen LogP contribution >= 0.6 is 0 Å². The summed E-state index contributed by atoms with van der Waals surface area (Å²) in [4.78, 5) is 18.9. The normalized spacial score (nSPS) is 19.8. The number of aromatic nitrogens is 5. The topological polar surface area (TPSA) is 88.9 Å². The van der Waals surface area contributed by atoms with Gasteiger partial charge in [0.25, 0.3) is 5.56 Å². The highest BCUT2D eigenvalue weighted by molar-refractivity contribution is 5.82. The number of ether oxygens (including phenoxy) is 1. The van der Waals surface area contributed by atoms with Crippen LogP contribution in [0.5, 0.6) is 0 Å². The largest absolute Gasteiger partial charge is 0.376 e. The van der Waals surface area contributed by atoms with Crippen LogP contribution in [-0.4, -0.2) is 48.8 Å². The van der Waals surface area contributed by atoms with Crippen LogP contribution in [0, 0.1) is 13.8 Å². The van der Waals surface area contributed by atoms with E-state index in [0.29, 0.717) is 19.1 Å². The van der Waals surface area contributed by atoms with E-state index in [0.717, 1.165) is 73.0 Å². The number of aromatic amines is 1. The second kappa shape index (κ2) is 10.6. The predicted octanol–water partition coefficient (Wildman–Crippen LogP) is 4.60. The number of nitrogens with one attached hydrogen (secondary N) is 1. The average Bonchev–Trinajstić information content (AvgIpc) is 3.61. The molecule has 0 unspecified atom stereocenters. The fourth-order valence-electron chi connectivity index (χ4n) is 6.05. The van der Waals surface area contributed by atoms with Crippen LogP contribution in [0.4, 0.5) is 0 Å². The third-order valence-electron chi connectivity index (χ3n) is 7.74. The number of tetrazole rings is 1. The molecule has 1 saturated heterocycles. The molecular weight excluding hydrogens is 440 g/mol. The Labute approximate surface area is 207 Å². The van der Waals surface area contributed by atoms with Crippen molar-refractivity contribution in [1.82, 2.24) is 30.1 Å². The maximum absolute atomic E-state index is 13.2. The van der Waals surface area contributed by atoms with Gasteiger partial charge in [0.05, 0.1) is 24.2 Å². The lowest BCUT2D eigenvalue weighted by molar-refractivity contribution is 0.0828. The van der Waals surface area contributed by atoms with Gasteiger partial charge in [0.15, 0.2) is 5.82 Å². The smallest absolute Gasteiger partial charge is 0.252 e. The Bertz CT molecular complexity index is 1210. The second-order valence-corrected chi connectivity index (χ2v) is 10.4. The second-order valence-electron chi connectivity index (χ2n) is 10.4. The van der Waals surface area contributed by atoms with Gasteiger partial charge in [-0.15, -0.1) is 5.10 Å². The zero-order valence-electron chi connectivity index (χ0n) is 21.3. The summed E-state index contributed by atoms with van der Waals surface area (Å²) in [5, 5.41) is 14.1. The highest BCUT2D eigenvalue weighted by Crippen LogP contribution is 2.34. The summed E-state index contributed by atoms with van der Waals surface area (Å²) in [5.41, 5.74) is 4.06. The van der Waals surface area contributed by atoms with Crippen LogP contribution < -0.4 is 5.56 Å². The lowest BCUT2D eigenvalue weighted by Gasteiger charge is -2.36. The fourth-order valence-corrected chi connectivity index (χ4v) is 6.05. The lowest BCUT2D eigenvalue weighted by atomic mass is 10.0. The van der Waals surface area contributed by atoms with Gasteiger partial charge in [0.1, 0.15) is 0 Å².